The van der Waals surface area contributed by atoms with Gasteiger partial charge in [-0.15, -0.1) is 0 Å². The standard InChI is InChI=1S/C19H28N6O8/c20-11(8-26)16(29)23-12(3-4-15(27)28)17(30)24-13(6-10-7-21-9-22-10)18(31)25-5-1-2-14(25)19(32)33/h7,9,11-14,26H,1-6,8,20H2,(H,21,22)(H,23,29)(H,24,30)(H,27,28)(H,32,33). The van der Waals surface area contributed by atoms with Crippen molar-refractivity contribution in [2.75, 3.05) is 13.2 Å². The number of rotatable bonds is 12. The molecule has 4 unspecified atom stereocenters. The van der Waals surface area contributed by atoms with Crippen LogP contribution in [0.4, 0.5) is 0 Å². The van der Waals surface area contributed by atoms with Gasteiger partial charge >= 0.3 is 11.9 Å². The van der Waals surface area contributed by atoms with Gasteiger partial charge in [0.15, 0.2) is 0 Å². The van der Waals surface area contributed by atoms with Crippen LogP contribution >= 0.6 is 0 Å². The zero-order valence-electron chi connectivity index (χ0n) is 17.8. The van der Waals surface area contributed by atoms with E-state index in [9.17, 15) is 29.1 Å². The maximum absolute atomic E-state index is 13.2. The lowest BCUT2D eigenvalue weighted by atomic mass is 10.1. The third-order valence-corrected chi connectivity index (χ3v) is 5.23. The summed E-state index contributed by atoms with van der Waals surface area (Å²) in [6.07, 6.45) is 2.79. The molecule has 1 aliphatic rings. The number of H-pyrrole nitrogens is 1. The molecule has 0 saturated carbocycles. The van der Waals surface area contributed by atoms with Crippen molar-refractivity contribution in [3.63, 3.8) is 0 Å². The first-order valence-corrected chi connectivity index (χ1v) is 10.3. The first-order chi connectivity index (χ1) is 15.6. The highest BCUT2D eigenvalue weighted by atomic mass is 16.4. The predicted octanol–water partition coefficient (Wildman–Crippen LogP) is -2.82. The van der Waals surface area contributed by atoms with Crippen molar-refractivity contribution in [3.8, 4) is 0 Å². The minimum absolute atomic E-state index is 0.0385. The number of nitrogens with zero attached hydrogens (tertiary/aromatic N) is 2. The van der Waals surface area contributed by atoms with Crippen LogP contribution in [0.5, 0.6) is 0 Å². The SMILES string of the molecule is NC(CO)C(=O)NC(CCC(=O)O)C(=O)NC(Cc1cnc[nH]1)C(=O)N1CCCC1C(=O)O. The Morgan fingerprint density at radius 3 is 2.45 bits per heavy atom. The number of nitrogens with two attached hydrogens (primary N) is 1. The molecule has 1 fully saturated rings. The van der Waals surface area contributed by atoms with Crippen molar-refractivity contribution in [1.82, 2.24) is 25.5 Å². The summed E-state index contributed by atoms with van der Waals surface area (Å²) in [7, 11) is 0. The number of carbonyl (C=O) groups is 5. The fourth-order valence-electron chi connectivity index (χ4n) is 3.47. The van der Waals surface area contributed by atoms with Gasteiger partial charge in [-0.05, 0) is 19.3 Å². The zero-order valence-corrected chi connectivity index (χ0v) is 17.8. The molecule has 3 amide bonds. The second-order valence-electron chi connectivity index (χ2n) is 7.65. The highest BCUT2D eigenvalue weighted by molar-refractivity contribution is 5.94. The predicted molar refractivity (Wildman–Crippen MR) is 110 cm³/mol. The number of aliphatic hydroxyl groups is 1. The molecule has 0 radical (unpaired) electrons. The van der Waals surface area contributed by atoms with Crippen LogP contribution in [0.1, 0.15) is 31.4 Å². The number of imidazole rings is 1. The van der Waals surface area contributed by atoms with Crippen LogP contribution in [0.15, 0.2) is 12.5 Å². The number of hydrogen-bond donors (Lipinski definition) is 7. The number of amides is 3. The van der Waals surface area contributed by atoms with Gasteiger partial charge in [-0.25, -0.2) is 9.78 Å². The molecule has 0 bridgehead atoms. The summed E-state index contributed by atoms with van der Waals surface area (Å²) in [5.74, 6) is -4.71. The van der Waals surface area contributed by atoms with E-state index in [0.717, 1.165) is 0 Å². The molecule has 0 aromatic carbocycles. The second kappa shape index (κ2) is 11.9. The summed E-state index contributed by atoms with van der Waals surface area (Å²) in [4.78, 5) is 68.5. The van der Waals surface area contributed by atoms with Gasteiger partial charge in [0.2, 0.25) is 17.7 Å². The number of carboxylic acid groups (broad SMARTS) is 2. The van der Waals surface area contributed by atoms with Crippen LogP contribution in [0.3, 0.4) is 0 Å². The van der Waals surface area contributed by atoms with Crippen LogP contribution in [0, 0.1) is 0 Å². The minimum Gasteiger partial charge on any atom is -0.481 e. The molecule has 2 rings (SSSR count). The van der Waals surface area contributed by atoms with E-state index in [-0.39, 0.29) is 25.8 Å². The average Bonchev–Trinajstić information content (AvgIpc) is 3.46. The lowest BCUT2D eigenvalue weighted by molar-refractivity contribution is -0.149. The summed E-state index contributed by atoms with van der Waals surface area (Å²) in [6, 6.07) is -4.90. The van der Waals surface area contributed by atoms with Gasteiger partial charge in [0.25, 0.3) is 0 Å². The van der Waals surface area contributed by atoms with Crippen LogP contribution in [0.2, 0.25) is 0 Å². The molecule has 4 atom stereocenters. The Balaban J connectivity index is 2.22. The zero-order chi connectivity index (χ0) is 24.5. The number of aliphatic hydroxyl groups excluding tert-OH is 1. The molecule has 2 heterocycles. The molecule has 1 aliphatic heterocycles. The van der Waals surface area contributed by atoms with E-state index >= 15 is 0 Å². The number of aromatic amines is 1. The average molecular weight is 468 g/mol. The first kappa shape index (κ1) is 25.7. The van der Waals surface area contributed by atoms with E-state index in [4.69, 9.17) is 15.9 Å². The molecule has 14 nitrogen and oxygen atoms in total. The van der Waals surface area contributed by atoms with Gasteiger partial charge in [-0.2, -0.15) is 0 Å². The number of aliphatic carboxylic acids is 2. The molecule has 1 saturated heterocycles. The Labute approximate surface area is 188 Å². The van der Waals surface area contributed by atoms with Crippen LogP contribution in [-0.4, -0.2) is 97.2 Å². The van der Waals surface area contributed by atoms with E-state index in [0.29, 0.717) is 12.1 Å². The van der Waals surface area contributed by atoms with Gasteiger partial charge in [-0.3, -0.25) is 19.2 Å². The van der Waals surface area contributed by atoms with Crippen molar-refractivity contribution in [1.29, 1.82) is 0 Å². The minimum atomic E-state index is -1.35. The third kappa shape index (κ3) is 7.25. The smallest absolute Gasteiger partial charge is 0.326 e. The molecule has 0 aliphatic carbocycles. The lowest BCUT2D eigenvalue weighted by Crippen LogP contribution is -2.58. The van der Waals surface area contributed by atoms with Gasteiger partial charge in [-0.1, -0.05) is 0 Å². The van der Waals surface area contributed by atoms with E-state index in [2.05, 4.69) is 20.6 Å². The highest BCUT2D eigenvalue weighted by Gasteiger charge is 2.38. The summed E-state index contributed by atoms with van der Waals surface area (Å²) in [5, 5.41) is 32.2. The Morgan fingerprint density at radius 1 is 1.18 bits per heavy atom. The van der Waals surface area contributed by atoms with Gasteiger partial charge in [0.1, 0.15) is 24.2 Å². The maximum atomic E-state index is 13.2. The Hall–Kier alpha value is -3.52. The van der Waals surface area contributed by atoms with Crippen molar-refractivity contribution in [2.45, 2.75) is 56.3 Å². The van der Waals surface area contributed by atoms with E-state index in [1.54, 1.807) is 0 Å². The molecule has 1 aromatic rings. The Bertz CT molecular complexity index is 860. The summed E-state index contributed by atoms with van der Waals surface area (Å²) in [6.45, 7) is -0.485. The molecule has 182 valence electrons. The largest absolute Gasteiger partial charge is 0.481 e. The van der Waals surface area contributed by atoms with Crippen molar-refractivity contribution >= 4 is 29.7 Å². The number of carbonyl (C=O) groups excluding carboxylic acids is 3. The van der Waals surface area contributed by atoms with E-state index in [1.807, 2.05) is 0 Å². The molecule has 8 N–H and O–H groups in total. The van der Waals surface area contributed by atoms with Crippen LogP contribution in [0.25, 0.3) is 0 Å². The first-order valence-electron chi connectivity index (χ1n) is 10.3. The van der Waals surface area contributed by atoms with Crippen molar-refractivity contribution in [2.24, 2.45) is 5.73 Å². The number of likely N-dealkylation sites (tertiary alicyclic amines) is 1. The lowest BCUT2D eigenvalue weighted by Gasteiger charge is -2.28. The van der Waals surface area contributed by atoms with Crippen molar-refractivity contribution < 1.29 is 39.3 Å². The topological polar surface area (TPSA) is 228 Å². The summed E-state index contributed by atoms with van der Waals surface area (Å²) >= 11 is 0. The number of nitrogens with one attached hydrogen (secondary N) is 3. The molecule has 0 spiro atoms. The molecule has 33 heavy (non-hydrogen) atoms. The maximum Gasteiger partial charge on any atom is 0.326 e. The van der Waals surface area contributed by atoms with Gasteiger partial charge in [0, 0.05) is 31.3 Å². The fraction of sp³-hybridized carbons (Fsp3) is 0.579. The normalized spacial score (nSPS) is 18.2. The highest BCUT2D eigenvalue weighted by Crippen LogP contribution is 2.19. The summed E-state index contributed by atoms with van der Waals surface area (Å²) in [5.41, 5.74) is 5.94. The fourth-order valence-corrected chi connectivity index (χ4v) is 3.47. The molecule has 14 heteroatoms. The molecular weight excluding hydrogens is 440 g/mol. The second-order valence-corrected chi connectivity index (χ2v) is 7.65. The number of hydrogen-bond acceptors (Lipinski definition) is 8. The Morgan fingerprint density at radius 2 is 1.88 bits per heavy atom. The van der Waals surface area contributed by atoms with Crippen LogP contribution in [-0.2, 0) is 30.4 Å². The van der Waals surface area contributed by atoms with Gasteiger partial charge < -0.3 is 41.6 Å². The van der Waals surface area contributed by atoms with E-state index < -0.39 is 66.9 Å². The van der Waals surface area contributed by atoms with Gasteiger partial charge in [0.05, 0.1) is 12.9 Å². The quantitative estimate of drug-likeness (QED) is 0.166. The van der Waals surface area contributed by atoms with Crippen LogP contribution < -0.4 is 16.4 Å². The van der Waals surface area contributed by atoms with E-state index in [1.165, 1.54) is 17.4 Å². The Kier molecular flexibility index (Phi) is 9.30. The third-order valence-electron chi connectivity index (χ3n) is 5.23. The molecule has 1 aromatic heterocycles. The molecular formula is C19H28N6O8. The van der Waals surface area contributed by atoms with Crippen molar-refractivity contribution in [3.05, 3.63) is 18.2 Å². The summed E-state index contributed by atoms with van der Waals surface area (Å²) < 4.78 is 0. The monoisotopic (exact) mass is 468 g/mol. The number of carboxylic acids is 2. The number of aromatic nitrogens is 2.